The first-order valence-electron chi connectivity index (χ1n) is 6.57. The van der Waals surface area contributed by atoms with Crippen LogP contribution >= 0.6 is 0 Å². The van der Waals surface area contributed by atoms with Gasteiger partial charge in [-0.25, -0.2) is 0 Å². The van der Waals surface area contributed by atoms with Crippen molar-refractivity contribution in [2.45, 2.75) is 39.2 Å². The van der Waals surface area contributed by atoms with Crippen molar-refractivity contribution in [2.75, 3.05) is 5.73 Å². The number of nitrogens with one attached hydrogen (secondary N) is 1. The van der Waals surface area contributed by atoms with Gasteiger partial charge in [-0.15, -0.1) is 0 Å². The van der Waals surface area contributed by atoms with E-state index in [1.165, 1.54) is 6.42 Å². The molecule has 3 N–H and O–H groups in total. The molecule has 0 bridgehead atoms. The van der Waals surface area contributed by atoms with Gasteiger partial charge in [0, 0.05) is 17.9 Å². The molecule has 4 nitrogen and oxygen atoms in total. The van der Waals surface area contributed by atoms with E-state index in [1.54, 1.807) is 18.3 Å². The van der Waals surface area contributed by atoms with Crippen LogP contribution in [0.2, 0.25) is 0 Å². The Hall–Kier alpha value is -1.58. The molecule has 0 aromatic carbocycles. The van der Waals surface area contributed by atoms with Crippen LogP contribution in [0, 0.1) is 11.8 Å². The molecule has 0 radical (unpaired) electrons. The highest BCUT2D eigenvalue weighted by molar-refractivity contribution is 5.93. The molecule has 1 fully saturated rings. The topological polar surface area (TPSA) is 68.0 Å². The maximum Gasteiger partial charge on any atom is 0.270 e. The average molecular weight is 247 g/mol. The predicted molar refractivity (Wildman–Crippen MR) is 72.1 cm³/mol. The van der Waals surface area contributed by atoms with Crippen molar-refractivity contribution in [3.63, 3.8) is 0 Å². The highest BCUT2D eigenvalue weighted by Crippen LogP contribution is 2.28. The summed E-state index contributed by atoms with van der Waals surface area (Å²) in [4.78, 5) is 16.1. The van der Waals surface area contributed by atoms with Crippen LogP contribution in [0.5, 0.6) is 0 Å². The Kier molecular flexibility index (Phi) is 3.84. The first kappa shape index (κ1) is 12.9. The molecule has 18 heavy (non-hydrogen) atoms. The Morgan fingerprint density at radius 2 is 2.00 bits per heavy atom. The fourth-order valence-electron chi connectivity index (χ4n) is 2.90. The fourth-order valence-corrected chi connectivity index (χ4v) is 2.90. The lowest BCUT2D eigenvalue weighted by molar-refractivity contribution is 0.0906. The Morgan fingerprint density at radius 1 is 1.33 bits per heavy atom. The third kappa shape index (κ3) is 3.22. The number of rotatable bonds is 2. The largest absolute Gasteiger partial charge is 0.399 e. The molecule has 1 aliphatic carbocycles. The molecule has 1 aromatic heterocycles. The Balaban J connectivity index is 1.99. The van der Waals surface area contributed by atoms with Crippen LogP contribution in [-0.4, -0.2) is 16.9 Å². The van der Waals surface area contributed by atoms with Crippen LogP contribution in [0.4, 0.5) is 5.69 Å². The number of carbonyl (C=O) groups is 1. The van der Waals surface area contributed by atoms with Gasteiger partial charge < -0.3 is 11.1 Å². The minimum Gasteiger partial charge on any atom is -0.399 e. The van der Waals surface area contributed by atoms with Crippen molar-refractivity contribution in [1.82, 2.24) is 10.3 Å². The summed E-state index contributed by atoms with van der Waals surface area (Å²) in [5.41, 5.74) is 6.63. The summed E-state index contributed by atoms with van der Waals surface area (Å²) in [5.74, 6) is 1.23. The summed E-state index contributed by atoms with van der Waals surface area (Å²) in [5, 5.41) is 3.07. The summed E-state index contributed by atoms with van der Waals surface area (Å²) in [6.45, 7) is 4.49. The van der Waals surface area contributed by atoms with Gasteiger partial charge in [-0.05, 0) is 43.2 Å². The van der Waals surface area contributed by atoms with Crippen molar-refractivity contribution < 1.29 is 4.79 Å². The molecular formula is C14H21N3O. The lowest BCUT2D eigenvalue weighted by Crippen LogP contribution is -2.40. The number of nitrogen functional groups attached to an aromatic ring is 1. The zero-order chi connectivity index (χ0) is 13.1. The molecule has 1 saturated carbocycles. The fraction of sp³-hybridized carbons (Fsp3) is 0.571. The number of pyridine rings is 1. The van der Waals surface area contributed by atoms with Crippen molar-refractivity contribution in [3.8, 4) is 0 Å². The average Bonchev–Trinajstić information content (AvgIpc) is 2.27. The van der Waals surface area contributed by atoms with Crippen LogP contribution in [-0.2, 0) is 0 Å². The second-order valence-corrected chi connectivity index (χ2v) is 5.56. The van der Waals surface area contributed by atoms with E-state index in [0.29, 0.717) is 23.2 Å². The standard InChI is InChI=1S/C14H21N3O/c1-9-5-10(2)7-12(6-9)17-14(18)13-8-11(15)3-4-16-13/h3-4,8-10,12H,5-7H2,1-2H3,(H2,15,16)(H,17,18). The number of aromatic nitrogens is 1. The highest BCUT2D eigenvalue weighted by atomic mass is 16.1. The summed E-state index contributed by atoms with van der Waals surface area (Å²) in [6.07, 6.45) is 4.93. The normalized spacial score (nSPS) is 27.8. The molecule has 0 aliphatic heterocycles. The van der Waals surface area contributed by atoms with E-state index in [0.717, 1.165) is 12.8 Å². The van der Waals surface area contributed by atoms with E-state index in [1.807, 2.05) is 0 Å². The van der Waals surface area contributed by atoms with Crippen molar-refractivity contribution in [3.05, 3.63) is 24.0 Å². The van der Waals surface area contributed by atoms with Gasteiger partial charge in [0.05, 0.1) is 0 Å². The number of hydrogen-bond donors (Lipinski definition) is 2. The van der Waals surface area contributed by atoms with E-state index in [4.69, 9.17) is 5.73 Å². The minimum absolute atomic E-state index is 0.117. The van der Waals surface area contributed by atoms with Crippen LogP contribution in [0.25, 0.3) is 0 Å². The molecule has 1 aliphatic rings. The predicted octanol–water partition coefficient (Wildman–Crippen LogP) is 2.22. The maximum atomic E-state index is 12.0. The Labute approximate surface area is 108 Å². The summed E-state index contributed by atoms with van der Waals surface area (Å²) in [6, 6.07) is 3.56. The Morgan fingerprint density at radius 3 is 2.61 bits per heavy atom. The summed E-state index contributed by atoms with van der Waals surface area (Å²) in [7, 11) is 0. The molecule has 0 spiro atoms. The molecule has 98 valence electrons. The summed E-state index contributed by atoms with van der Waals surface area (Å²) >= 11 is 0. The van der Waals surface area contributed by atoms with E-state index in [2.05, 4.69) is 24.1 Å². The lowest BCUT2D eigenvalue weighted by atomic mass is 9.80. The van der Waals surface area contributed by atoms with Crippen molar-refractivity contribution in [2.24, 2.45) is 11.8 Å². The third-order valence-electron chi connectivity index (χ3n) is 3.53. The minimum atomic E-state index is -0.117. The van der Waals surface area contributed by atoms with Gasteiger partial charge in [0.25, 0.3) is 5.91 Å². The van der Waals surface area contributed by atoms with Gasteiger partial charge >= 0.3 is 0 Å². The molecule has 4 heteroatoms. The van der Waals surface area contributed by atoms with Crippen LogP contribution in [0.3, 0.4) is 0 Å². The number of anilines is 1. The van der Waals surface area contributed by atoms with Crippen LogP contribution < -0.4 is 11.1 Å². The zero-order valence-corrected chi connectivity index (χ0v) is 11.0. The SMILES string of the molecule is CC1CC(C)CC(NC(=O)c2cc(N)ccn2)C1. The summed E-state index contributed by atoms with van der Waals surface area (Å²) < 4.78 is 0. The van der Waals surface area contributed by atoms with Gasteiger partial charge in [0.15, 0.2) is 0 Å². The second kappa shape index (κ2) is 5.38. The second-order valence-electron chi connectivity index (χ2n) is 5.56. The molecule has 1 amide bonds. The molecule has 2 rings (SSSR count). The molecule has 1 heterocycles. The maximum absolute atomic E-state index is 12.0. The molecule has 2 atom stereocenters. The smallest absolute Gasteiger partial charge is 0.270 e. The van der Waals surface area contributed by atoms with E-state index in [-0.39, 0.29) is 11.9 Å². The van der Waals surface area contributed by atoms with Gasteiger partial charge in [0.2, 0.25) is 0 Å². The molecular weight excluding hydrogens is 226 g/mol. The zero-order valence-electron chi connectivity index (χ0n) is 11.0. The van der Waals surface area contributed by atoms with Gasteiger partial charge in [0.1, 0.15) is 5.69 Å². The highest BCUT2D eigenvalue weighted by Gasteiger charge is 2.25. The lowest BCUT2D eigenvalue weighted by Gasteiger charge is -2.31. The van der Waals surface area contributed by atoms with Crippen LogP contribution in [0.15, 0.2) is 18.3 Å². The quantitative estimate of drug-likeness (QED) is 0.842. The Bertz CT molecular complexity index is 423. The monoisotopic (exact) mass is 247 g/mol. The van der Waals surface area contributed by atoms with E-state index in [9.17, 15) is 4.79 Å². The van der Waals surface area contributed by atoms with Gasteiger partial charge in [-0.3, -0.25) is 9.78 Å². The molecule has 1 aromatic rings. The third-order valence-corrected chi connectivity index (χ3v) is 3.53. The van der Waals surface area contributed by atoms with E-state index < -0.39 is 0 Å². The van der Waals surface area contributed by atoms with E-state index >= 15 is 0 Å². The van der Waals surface area contributed by atoms with Crippen molar-refractivity contribution in [1.29, 1.82) is 0 Å². The molecule has 0 saturated heterocycles. The first-order valence-corrected chi connectivity index (χ1v) is 6.57. The van der Waals surface area contributed by atoms with Gasteiger partial charge in [-0.1, -0.05) is 13.8 Å². The van der Waals surface area contributed by atoms with Crippen molar-refractivity contribution >= 4 is 11.6 Å². The number of amides is 1. The van der Waals surface area contributed by atoms with Crippen LogP contribution in [0.1, 0.15) is 43.6 Å². The number of carbonyl (C=O) groups excluding carboxylic acids is 1. The first-order chi connectivity index (χ1) is 8.54. The number of hydrogen-bond acceptors (Lipinski definition) is 3. The number of nitrogens with two attached hydrogens (primary N) is 1. The molecule has 2 unspecified atom stereocenters. The van der Waals surface area contributed by atoms with Gasteiger partial charge in [-0.2, -0.15) is 0 Å². The number of nitrogens with zero attached hydrogens (tertiary/aromatic N) is 1.